The van der Waals surface area contributed by atoms with E-state index in [1.54, 1.807) is 25.3 Å². The first-order valence-corrected chi connectivity index (χ1v) is 10.7. The molecule has 0 radical (unpaired) electrons. The molecular formula is C21H18ClNO4S. The Hall–Kier alpha value is -2.54. The van der Waals surface area contributed by atoms with Crippen LogP contribution in [0.25, 0.3) is 11.1 Å². The van der Waals surface area contributed by atoms with Crippen molar-refractivity contribution in [1.82, 2.24) is 0 Å². The van der Waals surface area contributed by atoms with Crippen LogP contribution in [-0.2, 0) is 15.8 Å². The number of sulfonamides is 1. The summed E-state index contributed by atoms with van der Waals surface area (Å²) in [4.78, 5) is 0. The summed E-state index contributed by atoms with van der Waals surface area (Å²) in [6, 6.07) is 18.5. The van der Waals surface area contributed by atoms with E-state index in [1.165, 1.54) is 0 Å². The smallest absolute Gasteiger partial charge is 0.213 e. The fourth-order valence-electron chi connectivity index (χ4n) is 3.50. The quantitative estimate of drug-likeness (QED) is 0.689. The summed E-state index contributed by atoms with van der Waals surface area (Å²) in [7, 11) is -2.04. The van der Waals surface area contributed by atoms with Gasteiger partial charge in [-0.05, 0) is 41.0 Å². The lowest BCUT2D eigenvalue weighted by molar-refractivity contribution is 0.242. The third-order valence-electron chi connectivity index (χ3n) is 4.66. The molecule has 1 heterocycles. The SMILES string of the molecule is COc1cccc2c1-c1ccc(CS(N)(=O)=O)cc1C(c1ccc(Cl)cc1)O2. The molecule has 2 N–H and O–H groups in total. The zero-order chi connectivity index (χ0) is 19.9. The van der Waals surface area contributed by atoms with Gasteiger partial charge in [0.2, 0.25) is 10.0 Å². The molecule has 0 amide bonds. The van der Waals surface area contributed by atoms with E-state index in [0.29, 0.717) is 22.1 Å². The largest absolute Gasteiger partial charge is 0.496 e. The molecule has 0 fully saturated rings. The first kappa shape index (κ1) is 18.8. The van der Waals surface area contributed by atoms with Crippen molar-refractivity contribution in [2.45, 2.75) is 11.9 Å². The lowest BCUT2D eigenvalue weighted by Gasteiger charge is -2.30. The molecule has 1 aliphatic rings. The Morgan fingerprint density at radius 1 is 1.11 bits per heavy atom. The summed E-state index contributed by atoms with van der Waals surface area (Å²) in [5.74, 6) is 1.14. The van der Waals surface area contributed by atoms with Gasteiger partial charge in [-0.3, -0.25) is 0 Å². The van der Waals surface area contributed by atoms with E-state index in [1.807, 2.05) is 42.5 Å². The first-order valence-electron chi connectivity index (χ1n) is 8.58. The highest BCUT2D eigenvalue weighted by Crippen LogP contribution is 2.49. The van der Waals surface area contributed by atoms with E-state index in [2.05, 4.69) is 0 Å². The third kappa shape index (κ3) is 3.58. The van der Waals surface area contributed by atoms with E-state index in [9.17, 15) is 8.42 Å². The molecule has 0 saturated heterocycles. The molecule has 0 spiro atoms. The molecule has 5 nitrogen and oxygen atoms in total. The highest BCUT2D eigenvalue weighted by atomic mass is 35.5. The third-order valence-corrected chi connectivity index (χ3v) is 5.65. The summed E-state index contributed by atoms with van der Waals surface area (Å²) in [5, 5.41) is 5.86. The molecule has 144 valence electrons. The van der Waals surface area contributed by atoms with Crippen LogP contribution in [0.4, 0.5) is 0 Å². The second-order valence-corrected chi connectivity index (χ2v) is 8.66. The van der Waals surface area contributed by atoms with Gasteiger partial charge in [-0.25, -0.2) is 13.6 Å². The maximum absolute atomic E-state index is 11.6. The van der Waals surface area contributed by atoms with Gasteiger partial charge in [0.15, 0.2) is 0 Å². The van der Waals surface area contributed by atoms with Gasteiger partial charge in [0, 0.05) is 10.6 Å². The number of rotatable bonds is 4. The zero-order valence-corrected chi connectivity index (χ0v) is 16.6. The normalized spacial score (nSPS) is 15.3. The predicted molar refractivity (Wildman–Crippen MR) is 109 cm³/mol. The van der Waals surface area contributed by atoms with Crippen molar-refractivity contribution < 1.29 is 17.9 Å². The van der Waals surface area contributed by atoms with E-state index < -0.39 is 16.1 Å². The fourth-order valence-corrected chi connectivity index (χ4v) is 4.27. The maximum atomic E-state index is 11.6. The Kier molecular flexibility index (Phi) is 4.79. The molecule has 7 heteroatoms. The summed E-state index contributed by atoms with van der Waals surface area (Å²) >= 11 is 6.03. The highest BCUT2D eigenvalue weighted by molar-refractivity contribution is 7.88. The van der Waals surface area contributed by atoms with Crippen LogP contribution in [0.3, 0.4) is 0 Å². The van der Waals surface area contributed by atoms with Crippen molar-refractivity contribution >= 4 is 21.6 Å². The lowest BCUT2D eigenvalue weighted by Crippen LogP contribution is -2.18. The number of hydrogen-bond donors (Lipinski definition) is 1. The maximum Gasteiger partial charge on any atom is 0.213 e. The molecule has 1 atom stereocenters. The summed E-state index contributed by atoms with van der Waals surface area (Å²) in [5.41, 5.74) is 4.12. The molecular weight excluding hydrogens is 398 g/mol. The Morgan fingerprint density at radius 3 is 2.54 bits per heavy atom. The number of fused-ring (bicyclic) bond motifs is 3. The fraction of sp³-hybridized carbons (Fsp3) is 0.143. The molecule has 0 bridgehead atoms. The van der Waals surface area contributed by atoms with Crippen LogP contribution in [0.5, 0.6) is 11.5 Å². The number of methoxy groups -OCH3 is 1. The van der Waals surface area contributed by atoms with Crippen molar-refractivity contribution in [3.63, 3.8) is 0 Å². The second kappa shape index (κ2) is 7.13. The molecule has 3 aromatic rings. The average molecular weight is 416 g/mol. The van der Waals surface area contributed by atoms with E-state index >= 15 is 0 Å². The minimum Gasteiger partial charge on any atom is -0.496 e. The molecule has 1 unspecified atom stereocenters. The van der Waals surface area contributed by atoms with Gasteiger partial charge in [0.1, 0.15) is 17.6 Å². The Balaban J connectivity index is 1.92. The van der Waals surface area contributed by atoms with Crippen molar-refractivity contribution in [1.29, 1.82) is 0 Å². The first-order chi connectivity index (χ1) is 13.4. The van der Waals surface area contributed by atoms with Crippen LogP contribution < -0.4 is 14.6 Å². The Bertz CT molecular complexity index is 1140. The number of hydrogen-bond acceptors (Lipinski definition) is 4. The van der Waals surface area contributed by atoms with E-state index in [0.717, 1.165) is 22.3 Å². The van der Waals surface area contributed by atoms with Gasteiger partial charge in [-0.1, -0.05) is 48.0 Å². The molecule has 4 rings (SSSR count). The molecule has 0 saturated carbocycles. The molecule has 28 heavy (non-hydrogen) atoms. The summed E-state index contributed by atoms with van der Waals surface area (Å²) in [6.45, 7) is 0. The van der Waals surface area contributed by atoms with E-state index in [-0.39, 0.29) is 5.75 Å². The van der Waals surface area contributed by atoms with Gasteiger partial charge < -0.3 is 9.47 Å². The number of benzene rings is 3. The number of primary sulfonamides is 1. The summed E-state index contributed by atoms with van der Waals surface area (Å²) in [6.07, 6.45) is -0.410. The topological polar surface area (TPSA) is 78.6 Å². The average Bonchev–Trinajstić information content (AvgIpc) is 2.66. The number of nitrogens with two attached hydrogens (primary N) is 1. The van der Waals surface area contributed by atoms with Crippen LogP contribution in [0.2, 0.25) is 5.02 Å². The minimum atomic E-state index is -3.65. The van der Waals surface area contributed by atoms with Gasteiger partial charge in [-0.2, -0.15) is 0 Å². The molecule has 0 aromatic heterocycles. The van der Waals surface area contributed by atoms with Crippen molar-refractivity contribution in [2.24, 2.45) is 5.14 Å². The van der Waals surface area contributed by atoms with Crippen LogP contribution in [-0.4, -0.2) is 15.5 Å². The highest BCUT2D eigenvalue weighted by Gasteiger charge is 2.30. The minimum absolute atomic E-state index is 0.244. The van der Waals surface area contributed by atoms with Gasteiger partial charge >= 0.3 is 0 Å². The van der Waals surface area contributed by atoms with Crippen LogP contribution in [0.1, 0.15) is 22.8 Å². The Morgan fingerprint density at radius 2 is 1.86 bits per heavy atom. The van der Waals surface area contributed by atoms with E-state index in [4.69, 9.17) is 26.2 Å². The van der Waals surface area contributed by atoms with Gasteiger partial charge in [0.05, 0.1) is 18.4 Å². The van der Waals surface area contributed by atoms with Crippen molar-refractivity contribution in [2.75, 3.05) is 7.11 Å². The van der Waals surface area contributed by atoms with Crippen LogP contribution in [0, 0.1) is 0 Å². The van der Waals surface area contributed by atoms with Gasteiger partial charge in [-0.15, -0.1) is 0 Å². The number of halogens is 1. The van der Waals surface area contributed by atoms with Crippen molar-refractivity contribution in [3.05, 3.63) is 82.4 Å². The monoisotopic (exact) mass is 415 g/mol. The zero-order valence-electron chi connectivity index (χ0n) is 15.1. The van der Waals surface area contributed by atoms with Crippen molar-refractivity contribution in [3.8, 4) is 22.6 Å². The standard InChI is InChI=1S/C21H18ClNO4S/c1-26-18-3-2-4-19-20(18)16-10-5-13(12-28(23,24)25)11-17(16)21(27-19)14-6-8-15(22)9-7-14/h2-11,21H,12H2,1H3,(H2,23,24,25). The molecule has 3 aromatic carbocycles. The lowest BCUT2D eigenvalue weighted by atomic mass is 9.88. The number of ether oxygens (including phenoxy) is 2. The summed E-state index contributed by atoms with van der Waals surface area (Å²) < 4.78 is 35.0. The second-order valence-electron chi connectivity index (χ2n) is 6.61. The molecule has 1 aliphatic heterocycles. The predicted octanol–water partition coefficient (Wildman–Crippen LogP) is 4.29. The van der Waals surface area contributed by atoms with Crippen LogP contribution >= 0.6 is 11.6 Å². The molecule has 0 aliphatic carbocycles. The van der Waals surface area contributed by atoms with Crippen LogP contribution in [0.15, 0.2) is 60.7 Å². The Labute approximate surface area is 168 Å². The van der Waals surface area contributed by atoms with Gasteiger partial charge in [0.25, 0.3) is 0 Å².